The summed E-state index contributed by atoms with van der Waals surface area (Å²) >= 11 is 0. The molecule has 1 aromatic carbocycles. The molecule has 1 fully saturated rings. The summed E-state index contributed by atoms with van der Waals surface area (Å²) in [5.41, 5.74) is 5.89. The number of carbonyl (C=O) groups is 3. The van der Waals surface area contributed by atoms with Crippen molar-refractivity contribution in [3.63, 3.8) is 0 Å². The summed E-state index contributed by atoms with van der Waals surface area (Å²) in [5.74, 6) is 7.29. The first-order valence-corrected chi connectivity index (χ1v) is 15.7. The Morgan fingerprint density at radius 1 is 0.927 bits per heavy atom. The lowest BCUT2D eigenvalue weighted by Gasteiger charge is -2.23. The maximum atomic E-state index is 12.2. The van der Waals surface area contributed by atoms with Crippen LogP contribution in [0.2, 0.25) is 0 Å². The fourth-order valence-corrected chi connectivity index (χ4v) is 4.39. The van der Waals surface area contributed by atoms with Gasteiger partial charge in [0, 0.05) is 30.4 Å². The van der Waals surface area contributed by atoms with Gasteiger partial charge in [0.1, 0.15) is 19.0 Å². The molecule has 0 amide bonds. The minimum Gasteiger partial charge on any atom is -0.371 e. The van der Waals surface area contributed by atoms with E-state index in [2.05, 4.69) is 32.6 Å². The molecule has 1 aromatic rings. The van der Waals surface area contributed by atoms with E-state index in [4.69, 9.17) is 9.47 Å². The highest BCUT2D eigenvalue weighted by molar-refractivity contribution is 5.98. The Labute approximate surface area is 250 Å². The van der Waals surface area contributed by atoms with Gasteiger partial charge in [-0.1, -0.05) is 76.7 Å². The lowest BCUT2D eigenvalue weighted by Crippen LogP contribution is -2.09. The first kappa shape index (κ1) is 38.5. The smallest absolute Gasteiger partial charge is 0.163 e. The van der Waals surface area contributed by atoms with E-state index in [-0.39, 0.29) is 18.2 Å². The third kappa shape index (κ3) is 16.5. The summed E-state index contributed by atoms with van der Waals surface area (Å²) < 4.78 is 10.5. The second-order valence-corrected chi connectivity index (χ2v) is 10.3. The molecule has 1 saturated carbocycles. The van der Waals surface area contributed by atoms with Gasteiger partial charge >= 0.3 is 0 Å². The summed E-state index contributed by atoms with van der Waals surface area (Å²) in [6.45, 7) is 17.3. The van der Waals surface area contributed by atoms with Crippen LogP contribution in [0, 0.1) is 17.8 Å². The largest absolute Gasteiger partial charge is 0.371 e. The SMILES string of the molecule is CC.CCCC(=O)CCC(C)C(C)=C1CCC1.CCCC(=O)c1cccc(C#CCOCCOCC(C)=O)c1CC. The molecule has 0 aliphatic heterocycles. The van der Waals surface area contributed by atoms with Crippen LogP contribution in [0.5, 0.6) is 0 Å². The first-order valence-electron chi connectivity index (χ1n) is 15.7. The van der Waals surface area contributed by atoms with Crippen molar-refractivity contribution in [2.45, 2.75) is 120 Å². The zero-order chi connectivity index (χ0) is 31.0. The average molecular weight is 569 g/mol. The van der Waals surface area contributed by atoms with E-state index < -0.39 is 0 Å². The summed E-state index contributed by atoms with van der Waals surface area (Å²) in [7, 11) is 0. The summed E-state index contributed by atoms with van der Waals surface area (Å²) in [6, 6.07) is 5.69. The molecule has 0 saturated heterocycles. The van der Waals surface area contributed by atoms with Crippen LogP contribution in [0.1, 0.15) is 135 Å². The minimum atomic E-state index is -0.000566. The number of Topliss-reactive ketones (excluding diaryl/α,β-unsaturated/α-hetero) is 3. The monoisotopic (exact) mass is 568 g/mol. The van der Waals surface area contributed by atoms with Gasteiger partial charge in [-0.05, 0) is 76.3 Å². The van der Waals surface area contributed by atoms with E-state index in [1.807, 2.05) is 45.9 Å². The topological polar surface area (TPSA) is 69.7 Å². The van der Waals surface area contributed by atoms with E-state index in [9.17, 15) is 14.4 Å². The Balaban J connectivity index is 0.000000806. The predicted molar refractivity (Wildman–Crippen MR) is 170 cm³/mol. The van der Waals surface area contributed by atoms with E-state index in [0.717, 1.165) is 55.2 Å². The van der Waals surface area contributed by atoms with Gasteiger partial charge < -0.3 is 9.47 Å². The summed E-state index contributed by atoms with van der Waals surface area (Å²) in [4.78, 5) is 34.3. The highest BCUT2D eigenvalue weighted by Crippen LogP contribution is 2.33. The second kappa shape index (κ2) is 24.1. The Kier molecular flexibility index (Phi) is 22.6. The number of hydrogen-bond acceptors (Lipinski definition) is 5. The standard InChI is InChI=1S/C20H26O4.C14H24O.C2H6/c1-4-8-20(22)19-11-6-9-17(18(19)5-2)10-7-12-23-13-14-24-15-16(3)21;1-4-6-14(15)10-9-11(2)12(3)13-7-5-8-13;1-2/h6,9,11H,4-5,8,12-15H2,1-3H3;11H,4-10H2,1-3H3;1-2H3. The van der Waals surface area contributed by atoms with Crippen molar-refractivity contribution in [1.82, 2.24) is 0 Å². The molecule has 2 rings (SSSR count). The van der Waals surface area contributed by atoms with Crippen LogP contribution in [-0.2, 0) is 25.5 Å². The van der Waals surface area contributed by atoms with Crippen LogP contribution < -0.4 is 0 Å². The molecule has 0 aromatic heterocycles. The molecule has 0 heterocycles. The minimum absolute atomic E-state index is 0.000566. The molecular weight excluding hydrogens is 512 g/mol. The summed E-state index contributed by atoms with van der Waals surface area (Å²) in [6.07, 6.45) is 9.75. The molecule has 1 unspecified atom stereocenters. The maximum absolute atomic E-state index is 12.2. The van der Waals surface area contributed by atoms with E-state index in [1.54, 1.807) is 11.1 Å². The zero-order valence-corrected chi connectivity index (χ0v) is 27.3. The van der Waals surface area contributed by atoms with Gasteiger partial charge in [0.05, 0.1) is 13.2 Å². The fourth-order valence-electron chi connectivity index (χ4n) is 4.39. The van der Waals surface area contributed by atoms with E-state index in [0.29, 0.717) is 37.9 Å². The molecule has 230 valence electrons. The third-order valence-electron chi connectivity index (χ3n) is 7.02. The number of ketones is 3. The van der Waals surface area contributed by atoms with Crippen LogP contribution >= 0.6 is 0 Å². The predicted octanol–water partition coefficient (Wildman–Crippen LogP) is 8.50. The number of allylic oxidation sites excluding steroid dienone is 2. The number of ether oxygens (including phenoxy) is 2. The number of rotatable bonds is 16. The molecule has 0 radical (unpaired) electrons. The van der Waals surface area contributed by atoms with E-state index in [1.165, 1.54) is 26.2 Å². The van der Waals surface area contributed by atoms with Crippen LogP contribution in [0.3, 0.4) is 0 Å². The van der Waals surface area contributed by atoms with Crippen molar-refractivity contribution in [2.24, 2.45) is 5.92 Å². The average Bonchev–Trinajstić information content (AvgIpc) is 2.93. The number of benzene rings is 1. The Hall–Kier alpha value is -2.55. The highest BCUT2D eigenvalue weighted by atomic mass is 16.5. The van der Waals surface area contributed by atoms with Gasteiger partial charge in [0.2, 0.25) is 0 Å². The Morgan fingerprint density at radius 2 is 1.59 bits per heavy atom. The fraction of sp³-hybridized carbons (Fsp3) is 0.639. The van der Waals surface area contributed by atoms with Gasteiger partial charge in [0.25, 0.3) is 0 Å². The zero-order valence-electron chi connectivity index (χ0n) is 27.3. The van der Waals surface area contributed by atoms with Crippen molar-refractivity contribution in [3.8, 4) is 11.8 Å². The van der Waals surface area contributed by atoms with Crippen molar-refractivity contribution < 1.29 is 23.9 Å². The van der Waals surface area contributed by atoms with Crippen LogP contribution in [-0.4, -0.2) is 43.8 Å². The lowest BCUT2D eigenvalue weighted by atomic mass is 9.82. The van der Waals surface area contributed by atoms with E-state index >= 15 is 0 Å². The molecule has 0 N–H and O–H groups in total. The molecule has 41 heavy (non-hydrogen) atoms. The van der Waals surface area contributed by atoms with Gasteiger partial charge in [-0.3, -0.25) is 14.4 Å². The molecule has 0 spiro atoms. The van der Waals surface area contributed by atoms with Crippen molar-refractivity contribution in [1.29, 1.82) is 0 Å². The normalized spacial score (nSPS) is 12.3. The van der Waals surface area contributed by atoms with Crippen LogP contribution in [0.25, 0.3) is 0 Å². The Bertz CT molecular complexity index is 1000. The van der Waals surface area contributed by atoms with Crippen LogP contribution in [0.4, 0.5) is 0 Å². The summed E-state index contributed by atoms with van der Waals surface area (Å²) in [5, 5.41) is 0. The lowest BCUT2D eigenvalue weighted by molar-refractivity contribution is -0.122. The number of hydrogen-bond donors (Lipinski definition) is 0. The van der Waals surface area contributed by atoms with Crippen molar-refractivity contribution in [3.05, 3.63) is 46.0 Å². The molecule has 1 aliphatic rings. The molecular formula is C36H56O5. The second-order valence-electron chi connectivity index (χ2n) is 10.3. The quantitative estimate of drug-likeness (QED) is 0.0865. The van der Waals surface area contributed by atoms with Gasteiger partial charge in [-0.2, -0.15) is 0 Å². The Morgan fingerprint density at radius 3 is 2.15 bits per heavy atom. The van der Waals surface area contributed by atoms with Gasteiger partial charge in [-0.15, -0.1) is 0 Å². The third-order valence-corrected chi connectivity index (χ3v) is 7.02. The first-order chi connectivity index (χ1) is 19.7. The molecule has 1 atom stereocenters. The molecule has 5 heteroatoms. The highest BCUT2D eigenvalue weighted by Gasteiger charge is 2.16. The van der Waals surface area contributed by atoms with Gasteiger partial charge in [0.15, 0.2) is 11.6 Å². The van der Waals surface area contributed by atoms with Crippen LogP contribution in [0.15, 0.2) is 29.3 Å². The molecule has 1 aliphatic carbocycles. The number of carbonyl (C=O) groups excluding carboxylic acids is 3. The van der Waals surface area contributed by atoms with Gasteiger partial charge in [-0.25, -0.2) is 0 Å². The molecule has 5 nitrogen and oxygen atoms in total. The molecule has 0 bridgehead atoms. The van der Waals surface area contributed by atoms with Crippen molar-refractivity contribution in [2.75, 3.05) is 26.4 Å². The van der Waals surface area contributed by atoms with Crippen molar-refractivity contribution >= 4 is 17.3 Å². The maximum Gasteiger partial charge on any atom is 0.163 e.